The van der Waals surface area contributed by atoms with E-state index in [0.717, 1.165) is 5.56 Å². The summed E-state index contributed by atoms with van der Waals surface area (Å²) in [5, 5.41) is 5.12. The van der Waals surface area contributed by atoms with Crippen LogP contribution in [0.5, 0.6) is 0 Å². The lowest BCUT2D eigenvalue weighted by Gasteiger charge is -2.19. The average Bonchev–Trinajstić information content (AvgIpc) is 2.36. The van der Waals surface area contributed by atoms with Crippen molar-refractivity contribution in [3.63, 3.8) is 0 Å². The molecule has 3 nitrogen and oxygen atoms in total. The molecule has 0 fully saturated rings. The zero-order chi connectivity index (χ0) is 14.6. The number of carbonyl (C=O) groups excluding carboxylic acids is 1. The standard InChI is InChI=1S/C17H20NO2/c1-17(2,3)20-16(19)18-11-10-13-8-9-14-6-4-5-7-15(14)12-13/h4-10,12H,11H2,1-3H3,(H,18,19). The summed E-state index contributed by atoms with van der Waals surface area (Å²) in [6.45, 7) is 5.99. The molecular weight excluding hydrogens is 250 g/mol. The van der Waals surface area contributed by atoms with Crippen LogP contribution in [0.15, 0.2) is 42.5 Å². The van der Waals surface area contributed by atoms with Gasteiger partial charge in [-0.1, -0.05) is 42.5 Å². The van der Waals surface area contributed by atoms with Crippen LogP contribution in [0.25, 0.3) is 10.8 Å². The molecule has 1 radical (unpaired) electrons. The van der Waals surface area contributed by atoms with Gasteiger partial charge in [0.1, 0.15) is 5.60 Å². The van der Waals surface area contributed by atoms with E-state index in [0.29, 0.717) is 6.54 Å². The largest absolute Gasteiger partial charge is 0.444 e. The predicted octanol–water partition coefficient (Wildman–Crippen LogP) is 3.92. The zero-order valence-corrected chi connectivity index (χ0v) is 12.1. The van der Waals surface area contributed by atoms with Gasteiger partial charge in [0.05, 0.1) is 0 Å². The molecule has 2 aromatic rings. The molecule has 1 N–H and O–H groups in total. The molecule has 0 saturated heterocycles. The lowest BCUT2D eigenvalue weighted by atomic mass is 10.1. The number of rotatable bonds is 3. The lowest BCUT2D eigenvalue weighted by Crippen LogP contribution is -2.33. The Morgan fingerprint density at radius 1 is 1.15 bits per heavy atom. The first-order valence-corrected chi connectivity index (χ1v) is 6.73. The fourth-order valence-corrected chi connectivity index (χ4v) is 1.90. The fourth-order valence-electron chi connectivity index (χ4n) is 1.90. The number of benzene rings is 2. The third-order valence-corrected chi connectivity index (χ3v) is 2.76. The predicted molar refractivity (Wildman–Crippen MR) is 81.6 cm³/mol. The highest BCUT2D eigenvalue weighted by atomic mass is 16.6. The van der Waals surface area contributed by atoms with Gasteiger partial charge in [-0.3, -0.25) is 0 Å². The maximum Gasteiger partial charge on any atom is 0.407 e. The molecule has 0 bridgehead atoms. The van der Waals surface area contributed by atoms with Crippen molar-refractivity contribution >= 4 is 16.9 Å². The van der Waals surface area contributed by atoms with Crippen molar-refractivity contribution in [2.45, 2.75) is 26.4 Å². The topological polar surface area (TPSA) is 38.3 Å². The first kappa shape index (κ1) is 14.4. The molecule has 1 amide bonds. The molecule has 0 heterocycles. The van der Waals surface area contributed by atoms with E-state index in [1.54, 1.807) is 0 Å². The molecular formula is C17H20NO2. The molecule has 3 heteroatoms. The molecule has 20 heavy (non-hydrogen) atoms. The summed E-state index contributed by atoms with van der Waals surface area (Å²) in [6.07, 6.45) is 1.57. The highest BCUT2D eigenvalue weighted by Gasteiger charge is 2.15. The van der Waals surface area contributed by atoms with Gasteiger partial charge < -0.3 is 10.1 Å². The summed E-state index contributed by atoms with van der Waals surface area (Å²) in [6, 6.07) is 14.4. The summed E-state index contributed by atoms with van der Waals surface area (Å²) >= 11 is 0. The Kier molecular flexibility index (Phi) is 4.28. The van der Waals surface area contributed by atoms with E-state index in [-0.39, 0.29) is 0 Å². The van der Waals surface area contributed by atoms with Crippen LogP contribution in [0.4, 0.5) is 4.79 Å². The Labute approximate surface area is 119 Å². The number of alkyl carbamates (subject to hydrolysis) is 1. The Hall–Kier alpha value is -2.03. The van der Waals surface area contributed by atoms with Crippen LogP contribution in [0.1, 0.15) is 26.3 Å². The van der Waals surface area contributed by atoms with Crippen LogP contribution >= 0.6 is 0 Å². The molecule has 0 atom stereocenters. The summed E-state index contributed by atoms with van der Waals surface area (Å²) in [7, 11) is 0. The van der Waals surface area contributed by atoms with Crippen molar-refractivity contribution in [1.29, 1.82) is 0 Å². The Morgan fingerprint density at radius 3 is 2.55 bits per heavy atom. The summed E-state index contributed by atoms with van der Waals surface area (Å²) in [5.41, 5.74) is 0.618. The van der Waals surface area contributed by atoms with Crippen molar-refractivity contribution in [1.82, 2.24) is 5.32 Å². The van der Waals surface area contributed by atoms with Crippen LogP contribution < -0.4 is 5.32 Å². The number of hydrogen-bond donors (Lipinski definition) is 1. The van der Waals surface area contributed by atoms with Gasteiger partial charge in [0.15, 0.2) is 0 Å². The van der Waals surface area contributed by atoms with Gasteiger partial charge >= 0.3 is 6.09 Å². The van der Waals surface area contributed by atoms with E-state index in [4.69, 9.17) is 4.74 Å². The Bertz CT molecular complexity index is 599. The van der Waals surface area contributed by atoms with E-state index in [1.807, 2.05) is 45.4 Å². The van der Waals surface area contributed by atoms with Crippen LogP contribution in [0.3, 0.4) is 0 Å². The van der Waals surface area contributed by atoms with Crippen molar-refractivity contribution < 1.29 is 9.53 Å². The normalized spacial score (nSPS) is 11.3. The van der Waals surface area contributed by atoms with Crippen molar-refractivity contribution in [3.8, 4) is 0 Å². The number of hydrogen-bond acceptors (Lipinski definition) is 2. The monoisotopic (exact) mass is 270 g/mol. The van der Waals surface area contributed by atoms with Gasteiger partial charge in [-0.2, -0.15) is 0 Å². The molecule has 0 spiro atoms. The van der Waals surface area contributed by atoms with Gasteiger partial charge in [0.25, 0.3) is 0 Å². The van der Waals surface area contributed by atoms with Crippen LogP contribution in [0, 0.1) is 6.42 Å². The zero-order valence-electron chi connectivity index (χ0n) is 12.1. The van der Waals surface area contributed by atoms with Gasteiger partial charge in [-0.25, -0.2) is 4.79 Å². The smallest absolute Gasteiger partial charge is 0.407 e. The van der Waals surface area contributed by atoms with Gasteiger partial charge in [-0.15, -0.1) is 0 Å². The number of amides is 1. The van der Waals surface area contributed by atoms with Crippen molar-refractivity contribution in [2.75, 3.05) is 6.54 Å². The van der Waals surface area contributed by atoms with E-state index < -0.39 is 11.7 Å². The Morgan fingerprint density at radius 2 is 1.85 bits per heavy atom. The van der Waals surface area contributed by atoms with Gasteiger partial charge in [-0.05, 0) is 37.1 Å². The summed E-state index contributed by atoms with van der Waals surface area (Å²) in [5.74, 6) is 0. The number of nitrogens with one attached hydrogen (secondary N) is 1. The van der Waals surface area contributed by atoms with Crippen molar-refractivity contribution in [2.24, 2.45) is 0 Å². The molecule has 2 rings (SSSR count). The third-order valence-electron chi connectivity index (χ3n) is 2.76. The second-order valence-corrected chi connectivity index (χ2v) is 5.69. The fraction of sp³-hybridized carbons (Fsp3) is 0.294. The second-order valence-electron chi connectivity index (χ2n) is 5.69. The maximum absolute atomic E-state index is 11.5. The minimum absolute atomic E-state index is 0.394. The molecule has 0 unspecified atom stereocenters. The van der Waals surface area contributed by atoms with E-state index in [2.05, 4.69) is 29.6 Å². The SMILES string of the molecule is CC(C)(C)OC(=O)NC[CH]c1ccc2ccccc2c1. The molecule has 2 aromatic carbocycles. The molecule has 0 saturated carbocycles. The lowest BCUT2D eigenvalue weighted by molar-refractivity contribution is 0.0532. The van der Waals surface area contributed by atoms with Gasteiger partial charge in [0, 0.05) is 13.0 Å². The molecule has 0 aliphatic carbocycles. The minimum atomic E-state index is -0.465. The van der Waals surface area contributed by atoms with E-state index in [1.165, 1.54) is 10.8 Å². The first-order valence-electron chi connectivity index (χ1n) is 6.73. The Balaban J connectivity index is 1.88. The highest BCUT2D eigenvalue weighted by molar-refractivity contribution is 5.83. The average molecular weight is 270 g/mol. The van der Waals surface area contributed by atoms with Crippen LogP contribution in [0.2, 0.25) is 0 Å². The van der Waals surface area contributed by atoms with E-state index >= 15 is 0 Å². The number of ether oxygens (including phenoxy) is 1. The van der Waals surface area contributed by atoms with Crippen molar-refractivity contribution in [3.05, 3.63) is 54.4 Å². The maximum atomic E-state index is 11.5. The minimum Gasteiger partial charge on any atom is -0.444 e. The number of fused-ring (bicyclic) bond motifs is 1. The molecule has 105 valence electrons. The summed E-state index contributed by atoms with van der Waals surface area (Å²) < 4.78 is 5.18. The molecule has 0 aliphatic heterocycles. The molecule has 0 aromatic heterocycles. The van der Waals surface area contributed by atoms with Gasteiger partial charge in [0.2, 0.25) is 0 Å². The third kappa shape index (κ3) is 4.26. The quantitative estimate of drug-likeness (QED) is 0.918. The molecule has 0 aliphatic rings. The second kappa shape index (κ2) is 5.95. The first-order chi connectivity index (χ1) is 9.44. The summed E-state index contributed by atoms with van der Waals surface area (Å²) in [4.78, 5) is 11.5. The van der Waals surface area contributed by atoms with Crippen LogP contribution in [-0.4, -0.2) is 18.2 Å². The van der Waals surface area contributed by atoms with Crippen LogP contribution in [-0.2, 0) is 4.74 Å². The number of carbonyl (C=O) groups is 1. The highest BCUT2D eigenvalue weighted by Crippen LogP contribution is 2.16. The van der Waals surface area contributed by atoms with E-state index in [9.17, 15) is 4.79 Å².